The maximum absolute atomic E-state index is 12.4. The molecule has 0 aliphatic carbocycles. The fourth-order valence-electron chi connectivity index (χ4n) is 2.51. The van der Waals surface area contributed by atoms with E-state index in [0.29, 0.717) is 29.4 Å². The van der Waals surface area contributed by atoms with Crippen molar-refractivity contribution in [2.75, 3.05) is 26.2 Å². The molecule has 0 spiro atoms. The summed E-state index contributed by atoms with van der Waals surface area (Å²) in [5.41, 5.74) is 6.34. The third-order valence-electron chi connectivity index (χ3n) is 3.83. The minimum atomic E-state index is 0.0435. The number of thiocarbonyl (C=S) groups is 1. The summed E-state index contributed by atoms with van der Waals surface area (Å²) >= 11 is 5.02. The van der Waals surface area contributed by atoms with Gasteiger partial charge in [0.25, 0.3) is 5.91 Å². The Morgan fingerprint density at radius 1 is 1.35 bits per heavy atom. The van der Waals surface area contributed by atoms with Crippen LogP contribution in [0.15, 0.2) is 10.5 Å². The molecule has 2 rings (SSSR count). The van der Waals surface area contributed by atoms with E-state index in [0.717, 1.165) is 18.8 Å². The standard InChI is InChI=1S/C14H21N3O2S/c1-9-8-12(11(3)19-9)14(18)17-6-4-16(5-7-17)10(2)13(15)20/h8,10H,4-7H2,1-3H3,(H2,15,20). The number of rotatable bonds is 3. The van der Waals surface area contributed by atoms with E-state index in [2.05, 4.69) is 4.90 Å². The second kappa shape index (κ2) is 5.93. The fourth-order valence-corrected chi connectivity index (χ4v) is 2.65. The van der Waals surface area contributed by atoms with Crippen LogP contribution in [0.4, 0.5) is 0 Å². The van der Waals surface area contributed by atoms with Crippen LogP contribution in [0.2, 0.25) is 0 Å². The summed E-state index contributed by atoms with van der Waals surface area (Å²) in [4.78, 5) is 17.0. The van der Waals surface area contributed by atoms with Crippen LogP contribution < -0.4 is 5.73 Å². The van der Waals surface area contributed by atoms with E-state index in [-0.39, 0.29) is 11.9 Å². The molecule has 0 bridgehead atoms. The van der Waals surface area contributed by atoms with Crippen molar-refractivity contribution in [2.45, 2.75) is 26.8 Å². The number of aryl methyl sites for hydroxylation is 2. The maximum atomic E-state index is 12.4. The third kappa shape index (κ3) is 3.02. The molecular weight excluding hydrogens is 274 g/mol. The quantitative estimate of drug-likeness (QED) is 0.852. The van der Waals surface area contributed by atoms with Crippen molar-refractivity contribution in [2.24, 2.45) is 5.73 Å². The van der Waals surface area contributed by atoms with Crippen molar-refractivity contribution >= 4 is 23.1 Å². The fraction of sp³-hybridized carbons (Fsp3) is 0.571. The lowest BCUT2D eigenvalue weighted by Gasteiger charge is -2.37. The van der Waals surface area contributed by atoms with Crippen molar-refractivity contribution in [1.82, 2.24) is 9.80 Å². The first kappa shape index (κ1) is 15.0. The van der Waals surface area contributed by atoms with E-state index < -0.39 is 0 Å². The summed E-state index contributed by atoms with van der Waals surface area (Å²) in [5.74, 6) is 1.50. The molecule has 1 fully saturated rings. The van der Waals surface area contributed by atoms with E-state index in [4.69, 9.17) is 22.4 Å². The Balaban J connectivity index is 1.99. The molecule has 1 aromatic rings. The molecule has 5 nitrogen and oxygen atoms in total. The van der Waals surface area contributed by atoms with E-state index in [1.54, 1.807) is 0 Å². The molecule has 110 valence electrons. The molecule has 1 amide bonds. The molecule has 0 aromatic carbocycles. The van der Waals surface area contributed by atoms with Gasteiger partial charge in [0.05, 0.1) is 16.6 Å². The van der Waals surface area contributed by atoms with Gasteiger partial charge in [0, 0.05) is 26.2 Å². The topological polar surface area (TPSA) is 62.7 Å². The first-order valence-corrected chi connectivity index (χ1v) is 7.20. The molecule has 1 unspecified atom stereocenters. The summed E-state index contributed by atoms with van der Waals surface area (Å²) in [5, 5.41) is 0. The molecule has 1 atom stereocenters. The Hall–Kier alpha value is -1.40. The number of hydrogen-bond donors (Lipinski definition) is 1. The number of amides is 1. The summed E-state index contributed by atoms with van der Waals surface area (Å²) in [6.07, 6.45) is 0. The van der Waals surface area contributed by atoms with Gasteiger partial charge in [0.1, 0.15) is 11.5 Å². The van der Waals surface area contributed by atoms with E-state index in [1.807, 2.05) is 31.7 Å². The lowest BCUT2D eigenvalue weighted by atomic mass is 10.1. The second-order valence-corrected chi connectivity index (χ2v) is 5.70. The summed E-state index contributed by atoms with van der Waals surface area (Å²) in [6, 6.07) is 1.89. The Labute approximate surface area is 124 Å². The monoisotopic (exact) mass is 295 g/mol. The number of piperazine rings is 1. The largest absolute Gasteiger partial charge is 0.466 e. The van der Waals surface area contributed by atoms with E-state index >= 15 is 0 Å². The van der Waals surface area contributed by atoms with E-state index in [1.165, 1.54) is 0 Å². The van der Waals surface area contributed by atoms with E-state index in [9.17, 15) is 4.79 Å². The number of hydrogen-bond acceptors (Lipinski definition) is 4. The average Bonchev–Trinajstić information content (AvgIpc) is 2.76. The minimum absolute atomic E-state index is 0.0435. The predicted octanol–water partition coefficient (Wildman–Crippen LogP) is 1.33. The van der Waals surface area contributed by atoms with Crippen molar-refractivity contribution in [3.63, 3.8) is 0 Å². The molecule has 1 aromatic heterocycles. The Morgan fingerprint density at radius 3 is 2.40 bits per heavy atom. The van der Waals surface area contributed by atoms with Gasteiger partial charge in [-0.2, -0.15) is 0 Å². The Bertz CT molecular complexity index is 518. The first-order valence-electron chi connectivity index (χ1n) is 6.80. The lowest BCUT2D eigenvalue weighted by molar-refractivity contribution is 0.0620. The smallest absolute Gasteiger partial charge is 0.257 e. The molecule has 1 aliphatic heterocycles. The summed E-state index contributed by atoms with van der Waals surface area (Å²) in [6.45, 7) is 8.64. The van der Waals surface area contributed by atoms with Crippen molar-refractivity contribution in [3.05, 3.63) is 23.2 Å². The molecule has 2 N–H and O–H groups in total. The van der Waals surface area contributed by atoms with Crippen molar-refractivity contribution in [1.29, 1.82) is 0 Å². The summed E-state index contributed by atoms with van der Waals surface area (Å²) < 4.78 is 5.43. The zero-order valence-corrected chi connectivity index (χ0v) is 13.0. The maximum Gasteiger partial charge on any atom is 0.257 e. The lowest BCUT2D eigenvalue weighted by Crippen LogP contribution is -2.54. The highest BCUT2D eigenvalue weighted by Gasteiger charge is 2.27. The SMILES string of the molecule is Cc1cc(C(=O)N2CCN(C(C)C(N)=S)CC2)c(C)o1. The van der Waals surface area contributed by atoms with Crippen LogP contribution in [-0.4, -0.2) is 52.9 Å². The highest BCUT2D eigenvalue weighted by molar-refractivity contribution is 7.80. The van der Waals surface area contributed by atoms with Gasteiger partial charge in [0.2, 0.25) is 0 Å². The van der Waals surface area contributed by atoms with Crippen LogP contribution >= 0.6 is 12.2 Å². The van der Waals surface area contributed by atoms with Gasteiger partial charge >= 0.3 is 0 Å². The van der Waals surface area contributed by atoms with Crippen molar-refractivity contribution < 1.29 is 9.21 Å². The molecular formula is C14H21N3O2S. The van der Waals surface area contributed by atoms with Crippen molar-refractivity contribution in [3.8, 4) is 0 Å². The predicted molar refractivity (Wildman–Crippen MR) is 81.9 cm³/mol. The third-order valence-corrected chi connectivity index (χ3v) is 4.17. The highest BCUT2D eigenvalue weighted by atomic mass is 32.1. The highest BCUT2D eigenvalue weighted by Crippen LogP contribution is 2.17. The van der Waals surface area contributed by atoms with Gasteiger partial charge in [-0.3, -0.25) is 9.69 Å². The average molecular weight is 295 g/mol. The van der Waals surface area contributed by atoms with Crippen LogP contribution in [0.25, 0.3) is 0 Å². The van der Waals surface area contributed by atoms with Crippen LogP contribution in [-0.2, 0) is 0 Å². The second-order valence-electron chi connectivity index (χ2n) is 5.23. The first-order chi connectivity index (χ1) is 9.40. The van der Waals surface area contributed by atoms with Gasteiger partial charge in [-0.25, -0.2) is 0 Å². The Kier molecular flexibility index (Phi) is 4.45. The van der Waals surface area contributed by atoms with Crippen LogP contribution in [0.1, 0.15) is 28.8 Å². The zero-order chi connectivity index (χ0) is 14.9. The van der Waals surface area contributed by atoms with Gasteiger partial charge in [-0.05, 0) is 26.8 Å². The molecule has 2 heterocycles. The van der Waals surface area contributed by atoms with Gasteiger partial charge < -0.3 is 15.1 Å². The molecule has 20 heavy (non-hydrogen) atoms. The van der Waals surface area contributed by atoms with Crippen LogP contribution in [0.3, 0.4) is 0 Å². The van der Waals surface area contributed by atoms with Crippen LogP contribution in [0, 0.1) is 13.8 Å². The molecule has 0 radical (unpaired) electrons. The normalized spacial score (nSPS) is 18.1. The number of carbonyl (C=O) groups is 1. The number of nitrogens with two attached hydrogens (primary N) is 1. The molecule has 1 saturated heterocycles. The molecule has 0 saturated carbocycles. The number of carbonyl (C=O) groups excluding carboxylic acids is 1. The summed E-state index contributed by atoms with van der Waals surface area (Å²) in [7, 11) is 0. The minimum Gasteiger partial charge on any atom is -0.466 e. The van der Waals surface area contributed by atoms with Gasteiger partial charge in [-0.1, -0.05) is 12.2 Å². The van der Waals surface area contributed by atoms with Gasteiger partial charge in [0.15, 0.2) is 0 Å². The van der Waals surface area contributed by atoms with Crippen LogP contribution in [0.5, 0.6) is 0 Å². The molecule has 6 heteroatoms. The number of furan rings is 1. The number of nitrogens with zero attached hydrogens (tertiary/aromatic N) is 2. The zero-order valence-electron chi connectivity index (χ0n) is 12.2. The molecule has 1 aliphatic rings. The Morgan fingerprint density at radius 2 is 1.95 bits per heavy atom. The van der Waals surface area contributed by atoms with Gasteiger partial charge in [-0.15, -0.1) is 0 Å².